The molecule has 0 amide bonds. The quantitative estimate of drug-likeness (QED) is 0.726. The third-order valence-electron chi connectivity index (χ3n) is 2.44. The van der Waals surface area contributed by atoms with Crippen LogP contribution in [0.15, 0.2) is 0 Å². The third-order valence-corrected chi connectivity index (χ3v) is 3.82. The Bertz CT molecular complexity index is 186. The first-order valence-corrected chi connectivity index (χ1v) is 5.76. The molecule has 0 aromatic rings. The van der Waals surface area contributed by atoms with Gasteiger partial charge in [-0.25, -0.2) is 0 Å². The van der Waals surface area contributed by atoms with Crippen molar-refractivity contribution in [2.75, 3.05) is 5.75 Å². The van der Waals surface area contributed by atoms with Gasteiger partial charge in [0.2, 0.25) is 0 Å². The molecule has 1 aliphatic heterocycles. The van der Waals surface area contributed by atoms with Crippen molar-refractivity contribution in [3.05, 3.63) is 0 Å². The Kier molecular flexibility index (Phi) is 4.06. The molecule has 0 aromatic carbocycles. The molecule has 1 heterocycles. The van der Waals surface area contributed by atoms with Crippen molar-refractivity contribution in [1.29, 1.82) is 0 Å². The molecular formula is C9H17NO2S. The summed E-state index contributed by atoms with van der Waals surface area (Å²) in [6, 6.07) is -0.0593. The molecule has 13 heavy (non-hydrogen) atoms. The summed E-state index contributed by atoms with van der Waals surface area (Å²) in [6.07, 6.45) is 2.30. The Balaban J connectivity index is 2.37. The lowest BCUT2D eigenvalue weighted by molar-refractivity contribution is -0.139. The molecule has 0 spiro atoms. The van der Waals surface area contributed by atoms with E-state index in [1.807, 2.05) is 11.8 Å². The van der Waals surface area contributed by atoms with E-state index < -0.39 is 12.0 Å². The molecule has 1 fully saturated rings. The van der Waals surface area contributed by atoms with Crippen LogP contribution in [0.5, 0.6) is 0 Å². The van der Waals surface area contributed by atoms with E-state index in [9.17, 15) is 4.79 Å². The van der Waals surface area contributed by atoms with Gasteiger partial charge in [0.05, 0.1) is 0 Å². The van der Waals surface area contributed by atoms with E-state index in [0.29, 0.717) is 11.3 Å². The minimum Gasteiger partial charge on any atom is -0.480 e. The molecule has 1 saturated heterocycles. The van der Waals surface area contributed by atoms with E-state index in [0.717, 1.165) is 6.42 Å². The van der Waals surface area contributed by atoms with Crippen LogP contribution in [-0.2, 0) is 4.79 Å². The summed E-state index contributed by atoms with van der Waals surface area (Å²) >= 11 is 1.92. The second kappa shape index (κ2) is 4.86. The van der Waals surface area contributed by atoms with Crippen molar-refractivity contribution in [2.24, 2.45) is 0 Å². The zero-order valence-corrected chi connectivity index (χ0v) is 8.93. The van der Waals surface area contributed by atoms with Gasteiger partial charge in [0.1, 0.15) is 6.04 Å². The Labute approximate surface area is 83.3 Å². The highest BCUT2D eigenvalue weighted by Crippen LogP contribution is 2.25. The Morgan fingerprint density at radius 2 is 2.38 bits per heavy atom. The highest BCUT2D eigenvalue weighted by Gasteiger charge is 2.24. The molecule has 3 atom stereocenters. The van der Waals surface area contributed by atoms with Gasteiger partial charge >= 0.3 is 5.97 Å². The molecule has 0 radical (unpaired) electrons. The maximum Gasteiger partial charge on any atom is 0.320 e. The standard InChI is InChI=1S/C9H17NO2S/c1-6(9(11)12)10-8-4-3-5-13-7(8)2/h6-8,10H,3-5H2,1-2H3,(H,11,12)/t6-,7?,8?/m1/s1. The van der Waals surface area contributed by atoms with Crippen LogP contribution in [0.2, 0.25) is 0 Å². The Hall–Kier alpha value is -0.220. The highest BCUT2D eigenvalue weighted by molar-refractivity contribution is 7.99. The Morgan fingerprint density at radius 3 is 2.92 bits per heavy atom. The minimum atomic E-state index is -0.761. The first kappa shape index (κ1) is 10.9. The highest BCUT2D eigenvalue weighted by atomic mass is 32.2. The third kappa shape index (κ3) is 3.19. The van der Waals surface area contributed by atoms with E-state index in [-0.39, 0.29) is 0 Å². The molecular weight excluding hydrogens is 186 g/mol. The summed E-state index contributed by atoms with van der Waals surface area (Å²) in [7, 11) is 0. The minimum absolute atomic E-state index is 0.366. The maximum absolute atomic E-state index is 10.6. The molecule has 4 heteroatoms. The number of thioether (sulfide) groups is 1. The van der Waals surface area contributed by atoms with Crippen LogP contribution >= 0.6 is 11.8 Å². The summed E-state index contributed by atoms with van der Waals surface area (Å²) in [5.74, 6) is 0.448. The van der Waals surface area contributed by atoms with Crippen LogP contribution in [0.3, 0.4) is 0 Å². The molecule has 0 saturated carbocycles. The number of rotatable bonds is 3. The molecule has 2 unspecified atom stereocenters. The number of hydrogen-bond donors (Lipinski definition) is 2. The largest absolute Gasteiger partial charge is 0.480 e. The molecule has 2 N–H and O–H groups in total. The number of carbonyl (C=O) groups is 1. The maximum atomic E-state index is 10.6. The van der Waals surface area contributed by atoms with Gasteiger partial charge in [0, 0.05) is 11.3 Å². The normalized spacial score (nSPS) is 31.2. The number of aliphatic carboxylic acids is 1. The van der Waals surface area contributed by atoms with Crippen molar-refractivity contribution in [2.45, 2.75) is 44.0 Å². The van der Waals surface area contributed by atoms with E-state index in [4.69, 9.17) is 5.11 Å². The lowest BCUT2D eigenvalue weighted by Gasteiger charge is -2.30. The smallest absolute Gasteiger partial charge is 0.320 e. The molecule has 0 aliphatic carbocycles. The average Bonchev–Trinajstić information content (AvgIpc) is 2.08. The topological polar surface area (TPSA) is 49.3 Å². The first-order valence-electron chi connectivity index (χ1n) is 4.71. The van der Waals surface area contributed by atoms with Gasteiger partial charge in [-0.3, -0.25) is 4.79 Å². The average molecular weight is 203 g/mol. The second-order valence-electron chi connectivity index (χ2n) is 3.55. The van der Waals surface area contributed by atoms with Gasteiger partial charge in [0.25, 0.3) is 0 Å². The fourth-order valence-electron chi connectivity index (χ4n) is 1.53. The van der Waals surface area contributed by atoms with Gasteiger partial charge in [0.15, 0.2) is 0 Å². The van der Waals surface area contributed by atoms with Crippen LogP contribution in [0.25, 0.3) is 0 Å². The van der Waals surface area contributed by atoms with Crippen LogP contribution in [0.1, 0.15) is 26.7 Å². The second-order valence-corrected chi connectivity index (χ2v) is 5.04. The van der Waals surface area contributed by atoms with Gasteiger partial charge < -0.3 is 10.4 Å². The molecule has 76 valence electrons. The fourth-order valence-corrected chi connectivity index (χ4v) is 2.69. The summed E-state index contributed by atoms with van der Waals surface area (Å²) in [5.41, 5.74) is 0. The SMILES string of the molecule is CC1SCCCC1N[C@H](C)C(=O)O. The summed E-state index contributed by atoms with van der Waals surface area (Å²) in [4.78, 5) is 10.6. The predicted octanol–water partition coefficient (Wildman–Crippen LogP) is 1.33. The molecule has 0 aromatic heterocycles. The molecule has 1 aliphatic rings. The molecule has 3 nitrogen and oxygen atoms in total. The number of hydrogen-bond acceptors (Lipinski definition) is 3. The fraction of sp³-hybridized carbons (Fsp3) is 0.889. The zero-order valence-electron chi connectivity index (χ0n) is 8.12. The van der Waals surface area contributed by atoms with Gasteiger partial charge in [-0.15, -0.1) is 0 Å². The van der Waals surface area contributed by atoms with Crippen molar-refractivity contribution in [3.8, 4) is 0 Å². The molecule has 1 rings (SSSR count). The van der Waals surface area contributed by atoms with Crippen LogP contribution in [-0.4, -0.2) is 34.2 Å². The monoisotopic (exact) mass is 203 g/mol. The first-order chi connectivity index (χ1) is 6.11. The summed E-state index contributed by atoms with van der Waals surface area (Å²) in [6.45, 7) is 3.87. The van der Waals surface area contributed by atoms with Gasteiger partial charge in [-0.1, -0.05) is 6.92 Å². The van der Waals surface area contributed by atoms with Gasteiger partial charge in [-0.05, 0) is 25.5 Å². The van der Waals surface area contributed by atoms with Crippen molar-refractivity contribution in [1.82, 2.24) is 5.32 Å². The van der Waals surface area contributed by atoms with Gasteiger partial charge in [-0.2, -0.15) is 11.8 Å². The van der Waals surface area contributed by atoms with E-state index in [1.54, 1.807) is 6.92 Å². The number of carboxylic acid groups (broad SMARTS) is 1. The Morgan fingerprint density at radius 1 is 1.69 bits per heavy atom. The lowest BCUT2D eigenvalue weighted by Crippen LogP contribution is -2.47. The number of nitrogens with one attached hydrogen (secondary N) is 1. The van der Waals surface area contributed by atoms with Crippen molar-refractivity contribution < 1.29 is 9.90 Å². The lowest BCUT2D eigenvalue weighted by atomic mass is 10.1. The van der Waals surface area contributed by atoms with E-state index in [1.165, 1.54) is 12.2 Å². The molecule has 0 bridgehead atoms. The van der Waals surface area contributed by atoms with Crippen LogP contribution < -0.4 is 5.32 Å². The summed E-state index contributed by atoms with van der Waals surface area (Å²) in [5, 5.41) is 12.4. The number of carboxylic acids is 1. The van der Waals surface area contributed by atoms with Crippen LogP contribution in [0, 0.1) is 0 Å². The van der Waals surface area contributed by atoms with E-state index in [2.05, 4.69) is 12.2 Å². The van der Waals surface area contributed by atoms with Crippen molar-refractivity contribution in [3.63, 3.8) is 0 Å². The van der Waals surface area contributed by atoms with E-state index >= 15 is 0 Å². The zero-order chi connectivity index (χ0) is 9.84. The van der Waals surface area contributed by atoms with Crippen molar-refractivity contribution >= 4 is 17.7 Å². The van der Waals surface area contributed by atoms with Crippen LogP contribution in [0.4, 0.5) is 0 Å². The predicted molar refractivity (Wildman–Crippen MR) is 55.2 cm³/mol. The summed E-state index contributed by atoms with van der Waals surface area (Å²) < 4.78 is 0.